The molecular formula is C30H28N2O7. The van der Waals surface area contributed by atoms with Crippen LogP contribution in [0.5, 0.6) is 28.7 Å². The van der Waals surface area contributed by atoms with Gasteiger partial charge >= 0.3 is 5.97 Å². The number of anilines is 1. The van der Waals surface area contributed by atoms with E-state index in [9.17, 15) is 4.79 Å². The molecular weight excluding hydrogens is 500 g/mol. The van der Waals surface area contributed by atoms with Crippen LogP contribution in [-0.2, 0) is 9.53 Å². The largest absolute Gasteiger partial charge is 0.493 e. The Morgan fingerprint density at radius 1 is 0.897 bits per heavy atom. The van der Waals surface area contributed by atoms with Crippen LogP contribution < -0.4 is 29.0 Å². The molecule has 0 radical (unpaired) electrons. The molecule has 7 rings (SSSR count). The fraction of sp³-hybridized carbons (Fsp3) is 0.300. The third-order valence-electron chi connectivity index (χ3n) is 8.13. The number of esters is 1. The van der Waals surface area contributed by atoms with E-state index in [2.05, 4.69) is 16.4 Å². The van der Waals surface area contributed by atoms with Crippen molar-refractivity contribution in [2.75, 3.05) is 40.0 Å². The number of cyclic esters (lactones) is 1. The number of para-hydroxylation sites is 1. The molecule has 1 saturated heterocycles. The van der Waals surface area contributed by atoms with E-state index in [0.717, 1.165) is 33.3 Å². The summed E-state index contributed by atoms with van der Waals surface area (Å²) in [5, 5.41) is 4.86. The van der Waals surface area contributed by atoms with Crippen molar-refractivity contribution in [2.45, 2.75) is 12.0 Å². The first-order chi connectivity index (χ1) is 19.1. The molecule has 0 amide bonds. The van der Waals surface area contributed by atoms with Crippen LogP contribution in [0.3, 0.4) is 0 Å². The molecule has 3 heterocycles. The molecule has 200 valence electrons. The second-order valence-electron chi connectivity index (χ2n) is 9.96. The molecule has 1 aliphatic carbocycles. The highest BCUT2D eigenvalue weighted by Crippen LogP contribution is 2.56. The van der Waals surface area contributed by atoms with Gasteiger partial charge in [0.2, 0.25) is 12.5 Å². The van der Waals surface area contributed by atoms with Crippen molar-refractivity contribution < 1.29 is 33.2 Å². The molecule has 0 bridgehead atoms. The number of fused-ring (bicyclic) bond motifs is 4. The fourth-order valence-corrected chi connectivity index (χ4v) is 6.40. The molecule has 39 heavy (non-hydrogen) atoms. The fourth-order valence-electron chi connectivity index (χ4n) is 6.40. The van der Waals surface area contributed by atoms with Gasteiger partial charge in [0.15, 0.2) is 23.0 Å². The molecule has 4 atom stereocenters. The Morgan fingerprint density at radius 3 is 2.36 bits per heavy atom. The first-order valence-corrected chi connectivity index (χ1v) is 12.8. The van der Waals surface area contributed by atoms with Gasteiger partial charge in [0.1, 0.15) is 0 Å². The van der Waals surface area contributed by atoms with Gasteiger partial charge in [-0.1, -0.05) is 12.1 Å². The Labute approximate surface area is 224 Å². The lowest BCUT2D eigenvalue weighted by atomic mass is 9.65. The standard InChI is InChI=1S/C30H28N2O7/c1-34-23-9-16(10-24(35-2)29(23)36-3)25-17-11-21-22(39-14-38-21)12-18(17)28(19-13-37-30(33)26(19)25)32-20-6-4-5-15-7-8-31-27(15)20/h4-12,19,25-26,28,31-32H,13-14H2,1-3H3/t19-,25+,26-,28+/m0/s1. The summed E-state index contributed by atoms with van der Waals surface area (Å²) in [4.78, 5) is 16.8. The molecule has 0 spiro atoms. The van der Waals surface area contributed by atoms with E-state index in [1.165, 1.54) is 0 Å². The minimum absolute atomic E-state index is 0.139. The lowest BCUT2D eigenvalue weighted by Gasteiger charge is -2.40. The van der Waals surface area contributed by atoms with Gasteiger partial charge in [0.25, 0.3) is 0 Å². The Kier molecular flexibility index (Phi) is 5.47. The van der Waals surface area contributed by atoms with Gasteiger partial charge in [-0.05, 0) is 53.1 Å². The van der Waals surface area contributed by atoms with Gasteiger partial charge in [-0.3, -0.25) is 4.79 Å². The average molecular weight is 529 g/mol. The third kappa shape index (κ3) is 3.56. The molecule has 3 aliphatic rings. The number of aromatic amines is 1. The van der Waals surface area contributed by atoms with Crippen molar-refractivity contribution in [3.63, 3.8) is 0 Å². The maximum absolute atomic E-state index is 13.4. The molecule has 0 unspecified atom stereocenters. The zero-order valence-electron chi connectivity index (χ0n) is 21.8. The van der Waals surface area contributed by atoms with E-state index in [-0.39, 0.29) is 30.6 Å². The number of carbonyl (C=O) groups excluding carboxylic acids is 1. The van der Waals surface area contributed by atoms with Crippen molar-refractivity contribution in [3.8, 4) is 28.7 Å². The highest BCUT2D eigenvalue weighted by Gasteiger charge is 2.52. The molecule has 1 aromatic heterocycles. The van der Waals surface area contributed by atoms with Crippen LogP contribution >= 0.6 is 0 Å². The van der Waals surface area contributed by atoms with E-state index in [0.29, 0.717) is 35.4 Å². The van der Waals surface area contributed by atoms with Crippen molar-refractivity contribution >= 4 is 22.6 Å². The van der Waals surface area contributed by atoms with Crippen LogP contribution in [0.2, 0.25) is 0 Å². The van der Waals surface area contributed by atoms with E-state index in [1.807, 2.05) is 48.7 Å². The van der Waals surface area contributed by atoms with Crippen LogP contribution in [0, 0.1) is 11.8 Å². The lowest BCUT2D eigenvalue weighted by Crippen LogP contribution is -2.37. The van der Waals surface area contributed by atoms with Gasteiger partial charge in [0.05, 0.1) is 51.1 Å². The first kappa shape index (κ1) is 23.6. The summed E-state index contributed by atoms with van der Waals surface area (Å²) in [5.74, 6) is 1.74. The Morgan fingerprint density at radius 2 is 1.64 bits per heavy atom. The van der Waals surface area contributed by atoms with E-state index < -0.39 is 5.92 Å². The van der Waals surface area contributed by atoms with Gasteiger partial charge in [-0.2, -0.15) is 0 Å². The smallest absolute Gasteiger partial charge is 0.310 e. The Bertz CT molecular complexity index is 1570. The second kappa shape index (κ2) is 9.04. The first-order valence-electron chi connectivity index (χ1n) is 12.8. The number of nitrogens with one attached hydrogen (secondary N) is 2. The number of carbonyl (C=O) groups is 1. The summed E-state index contributed by atoms with van der Waals surface area (Å²) in [6.07, 6.45) is 1.92. The minimum atomic E-state index is -0.443. The summed E-state index contributed by atoms with van der Waals surface area (Å²) < 4.78 is 34.2. The maximum atomic E-state index is 13.4. The van der Waals surface area contributed by atoms with Crippen molar-refractivity contribution in [1.29, 1.82) is 0 Å². The quantitative estimate of drug-likeness (QED) is 0.337. The highest BCUT2D eigenvalue weighted by molar-refractivity contribution is 5.91. The predicted octanol–water partition coefficient (Wildman–Crippen LogP) is 5.01. The van der Waals surface area contributed by atoms with Gasteiger partial charge in [-0.15, -0.1) is 0 Å². The SMILES string of the molecule is COc1cc([C@@H]2c3cc4c(cc3[C@@H](Nc3cccc5cc[nH]c35)[C@H]3COC(=O)[C@H]23)OCO4)cc(OC)c1OC. The minimum Gasteiger partial charge on any atom is -0.493 e. The molecule has 1 fully saturated rings. The zero-order valence-corrected chi connectivity index (χ0v) is 21.8. The number of H-pyrrole nitrogens is 1. The normalized spacial score (nSPS) is 22.7. The summed E-state index contributed by atoms with van der Waals surface area (Å²) in [7, 11) is 4.74. The monoisotopic (exact) mass is 528 g/mol. The third-order valence-corrected chi connectivity index (χ3v) is 8.13. The van der Waals surface area contributed by atoms with E-state index in [1.54, 1.807) is 21.3 Å². The maximum Gasteiger partial charge on any atom is 0.310 e. The summed E-state index contributed by atoms with van der Waals surface area (Å²) in [6, 6.07) is 15.8. The second-order valence-corrected chi connectivity index (χ2v) is 9.96. The summed E-state index contributed by atoms with van der Waals surface area (Å²) in [5.41, 5.74) is 4.82. The number of methoxy groups -OCH3 is 3. The molecule has 2 aliphatic heterocycles. The number of hydrogen-bond donors (Lipinski definition) is 2. The van der Waals surface area contributed by atoms with Crippen LogP contribution in [0.1, 0.15) is 28.7 Å². The number of hydrogen-bond acceptors (Lipinski definition) is 8. The molecule has 9 nitrogen and oxygen atoms in total. The van der Waals surface area contributed by atoms with Gasteiger partial charge < -0.3 is 38.7 Å². The Balaban J connectivity index is 1.43. The van der Waals surface area contributed by atoms with Crippen LogP contribution in [0.25, 0.3) is 10.9 Å². The summed E-state index contributed by atoms with van der Waals surface area (Å²) >= 11 is 0. The highest BCUT2D eigenvalue weighted by atomic mass is 16.7. The van der Waals surface area contributed by atoms with Crippen LogP contribution in [-0.4, -0.2) is 45.7 Å². The van der Waals surface area contributed by atoms with Crippen molar-refractivity contribution in [1.82, 2.24) is 4.98 Å². The van der Waals surface area contributed by atoms with E-state index in [4.69, 9.17) is 28.4 Å². The zero-order chi connectivity index (χ0) is 26.7. The summed E-state index contributed by atoms with van der Waals surface area (Å²) in [6.45, 7) is 0.457. The number of benzene rings is 3. The van der Waals surface area contributed by atoms with E-state index >= 15 is 0 Å². The number of aromatic nitrogens is 1. The van der Waals surface area contributed by atoms with Crippen molar-refractivity contribution in [2.24, 2.45) is 11.8 Å². The van der Waals surface area contributed by atoms with Crippen LogP contribution in [0.4, 0.5) is 5.69 Å². The Hall–Kier alpha value is -4.53. The van der Waals surface area contributed by atoms with Gasteiger partial charge in [0, 0.05) is 23.4 Å². The van der Waals surface area contributed by atoms with Crippen molar-refractivity contribution in [3.05, 3.63) is 71.4 Å². The molecule has 9 heteroatoms. The number of rotatable bonds is 6. The topological polar surface area (TPSA) is 100 Å². The van der Waals surface area contributed by atoms with Crippen LogP contribution in [0.15, 0.2) is 54.7 Å². The van der Waals surface area contributed by atoms with Gasteiger partial charge in [-0.25, -0.2) is 0 Å². The lowest BCUT2D eigenvalue weighted by molar-refractivity contribution is -0.141. The molecule has 3 aromatic carbocycles. The molecule has 2 N–H and O–H groups in total. The number of ether oxygens (including phenoxy) is 6. The average Bonchev–Trinajstić information content (AvgIpc) is 3.71. The molecule has 4 aromatic rings. The predicted molar refractivity (Wildman–Crippen MR) is 143 cm³/mol. The molecule has 0 saturated carbocycles.